The first-order valence-corrected chi connectivity index (χ1v) is 8.31. The zero-order valence-electron chi connectivity index (χ0n) is 12.2. The Bertz CT molecular complexity index is 851. The maximum absolute atomic E-state index is 12.4. The number of amides is 1. The highest BCUT2D eigenvalue weighted by Gasteiger charge is 2.33. The van der Waals surface area contributed by atoms with Crippen LogP contribution in [-0.4, -0.2) is 27.6 Å². The second kappa shape index (κ2) is 5.90. The molecular weight excluding hydrogens is 318 g/mol. The highest BCUT2D eigenvalue weighted by atomic mass is 32.2. The monoisotopic (exact) mass is 333 g/mol. The molecule has 2 aromatic carbocycles. The van der Waals surface area contributed by atoms with E-state index >= 15 is 0 Å². The summed E-state index contributed by atoms with van der Waals surface area (Å²) in [6.45, 7) is 0. The van der Waals surface area contributed by atoms with Crippen molar-refractivity contribution in [3.05, 3.63) is 48.5 Å². The van der Waals surface area contributed by atoms with Crippen LogP contribution in [0, 0.1) is 0 Å². The minimum Gasteiger partial charge on any atom is -0.495 e. The maximum Gasteiger partial charge on any atom is 0.263 e. The van der Waals surface area contributed by atoms with Crippen molar-refractivity contribution >= 4 is 27.3 Å². The summed E-state index contributed by atoms with van der Waals surface area (Å²) < 4.78 is 31.9. The lowest BCUT2D eigenvalue weighted by molar-refractivity contribution is -0.117. The van der Waals surface area contributed by atoms with Gasteiger partial charge in [0, 0.05) is 0 Å². The molecule has 1 heterocycles. The van der Waals surface area contributed by atoms with Gasteiger partial charge >= 0.3 is 0 Å². The Balaban J connectivity index is 1.85. The van der Waals surface area contributed by atoms with Gasteiger partial charge in [-0.25, -0.2) is 8.42 Å². The molecule has 1 amide bonds. The lowest BCUT2D eigenvalue weighted by Gasteiger charge is -2.27. The third-order valence-electron chi connectivity index (χ3n) is 3.38. The molecule has 3 rings (SSSR count). The number of carbonyl (C=O) groups is 1. The van der Waals surface area contributed by atoms with E-state index < -0.39 is 22.1 Å². The van der Waals surface area contributed by atoms with E-state index in [1.54, 1.807) is 42.5 Å². The Hall–Kier alpha value is -2.58. The zero-order valence-corrected chi connectivity index (χ0v) is 13.1. The van der Waals surface area contributed by atoms with Gasteiger partial charge in [-0.2, -0.15) is 4.72 Å². The van der Waals surface area contributed by atoms with E-state index in [1.807, 2.05) is 0 Å². The van der Waals surface area contributed by atoms with E-state index in [2.05, 4.69) is 15.4 Å². The first-order valence-electron chi connectivity index (χ1n) is 6.83. The summed E-state index contributed by atoms with van der Waals surface area (Å²) in [6.07, 6.45) is -1.11. The van der Waals surface area contributed by atoms with Gasteiger partial charge in [0.05, 0.1) is 18.5 Å². The van der Waals surface area contributed by atoms with Crippen LogP contribution in [0.3, 0.4) is 0 Å². The second-order valence-corrected chi connectivity index (χ2v) is 6.57. The van der Waals surface area contributed by atoms with E-state index in [4.69, 9.17) is 4.74 Å². The summed E-state index contributed by atoms with van der Waals surface area (Å²) in [5.41, 5.74) is 0.839. The molecule has 1 aliphatic heterocycles. The Morgan fingerprint density at radius 3 is 2.61 bits per heavy atom. The zero-order chi connectivity index (χ0) is 16.4. The molecule has 0 fully saturated rings. The largest absolute Gasteiger partial charge is 0.495 e. The van der Waals surface area contributed by atoms with Crippen LogP contribution in [0.2, 0.25) is 0 Å². The minimum absolute atomic E-state index is 0.112. The SMILES string of the molecule is COc1ccccc1NC(=O)[C@H]1Nc2ccccc2S(=O)(=O)N1. The van der Waals surface area contributed by atoms with E-state index in [1.165, 1.54) is 13.2 Å². The predicted molar refractivity (Wildman–Crippen MR) is 85.8 cm³/mol. The van der Waals surface area contributed by atoms with Gasteiger partial charge < -0.3 is 15.4 Å². The van der Waals surface area contributed by atoms with Crippen LogP contribution < -0.4 is 20.1 Å². The molecule has 0 unspecified atom stereocenters. The van der Waals surface area contributed by atoms with Crippen LogP contribution in [0.1, 0.15) is 0 Å². The van der Waals surface area contributed by atoms with Crippen molar-refractivity contribution in [2.75, 3.05) is 17.7 Å². The number of hydrogen-bond acceptors (Lipinski definition) is 5. The number of hydrogen-bond donors (Lipinski definition) is 3. The average Bonchev–Trinajstić information content (AvgIpc) is 2.54. The lowest BCUT2D eigenvalue weighted by atomic mass is 10.2. The van der Waals surface area contributed by atoms with E-state index in [9.17, 15) is 13.2 Å². The molecule has 0 saturated heterocycles. The average molecular weight is 333 g/mol. The fourth-order valence-corrected chi connectivity index (χ4v) is 3.57. The summed E-state index contributed by atoms with van der Waals surface area (Å²) in [7, 11) is -2.26. The number of nitrogens with one attached hydrogen (secondary N) is 3. The minimum atomic E-state index is -3.75. The number of rotatable bonds is 3. The third-order valence-corrected chi connectivity index (χ3v) is 4.86. The smallest absolute Gasteiger partial charge is 0.263 e. The van der Waals surface area contributed by atoms with Crippen molar-refractivity contribution in [1.29, 1.82) is 0 Å². The molecule has 0 radical (unpaired) electrons. The van der Waals surface area contributed by atoms with Crippen molar-refractivity contribution < 1.29 is 17.9 Å². The molecule has 1 atom stereocenters. The van der Waals surface area contributed by atoms with Crippen molar-refractivity contribution in [2.24, 2.45) is 0 Å². The van der Waals surface area contributed by atoms with Gasteiger partial charge in [0.25, 0.3) is 5.91 Å². The molecule has 0 aromatic heterocycles. The molecule has 3 N–H and O–H groups in total. The van der Waals surface area contributed by atoms with Crippen LogP contribution in [0.15, 0.2) is 53.4 Å². The summed E-state index contributed by atoms with van der Waals surface area (Å²) in [4.78, 5) is 12.5. The van der Waals surface area contributed by atoms with E-state index in [0.29, 0.717) is 17.1 Å². The number of fused-ring (bicyclic) bond motifs is 1. The number of carbonyl (C=O) groups excluding carboxylic acids is 1. The van der Waals surface area contributed by atoms with Crippen LogP contribution in [0.5, 0.6) is 5.75 Å². The number of anilines is 2. The van der Waals surface area contributed by atoms with Crippen molar-refractivity contribution in [3.8, 4) is 5.75 Å². The van der Waals surface area contributed by atoms with Gasteiger partial charge in [-0.15, -0.1) is 0 Å². The fraction of sp³-hybridized carbons (Fsp3) is 0.133. The predicted octanol–water partition coefficient (Wildman–Crippen LogP) is 1.36. The lowest BCUT2D eigenvalue weighted by Crippen LogP contribution is -2.51. The number of methoxy groups -OCH3 is 1. The van der Waals surface area contributed by atoms with Crippen molar-refractivity contribution in [3.63, 3.8) is 0 Å². The maximum atomic E-state index is 12.4. The Kier molecular flexibility index (Phi) is 3.93. The van der Waals surface area contributed by atoms with Gasteiger partial charge in [0.2, 0.25) is 10.0 Å². The van der Waals surface area contributed by atoms with Crippen LogP contribution in [0.25, 0.3) is 0 Å². The summed E-state index contributed by atoms with van der Waals surface area (Å²) >= 11 is 0. The van der Waals surface area contributed by atoms with Gasteiger partial charge in [-0.05, 0) is 24.3 Å². The normalized spacial score (nSPS) is 18.4. The van der Waals surface area contributed by atoms with E-state index in [-0.39, 0.29) is 4.90 Å². The molecule has 8 heteroatoms. The highest BCUT2D eigenvalue weighted by molar-refractivity contribution is 7.89. The van der Waals surface area contributed by atoms with Gasteiger partial charge in [-0.3, -0.25) is 4.79 Å². The molecular formula is C15H15N3O4S. The number of ether oxygens (including phenoxy) is 1. The van der Waals surface area contributed by atoms with Crippen LogP contribution >= 0.6 is 0 Å². The molecule has 1 aliphatic rings. The molecule has 0 saturated carbocycles. The Labute approximate surface area is 133 Å². The molecule has 0 bridgehead atoms. The molecule has 0 aliphatic carbocycles. The summed E-state index contributed by atoms with van der Waals surface area (Å²) in [5.74, 6) is -0.0486. The van der Waals surface area contributed by atoms with Gasteiger partial charge in [0.1, 0.15) is 10.6 Å². The molecule has 23 heavy (non-hydrogen) atoms. The van der Waals surface area contributed by atoms with Crippen LogP contribution in [-0.2, 0) is 14.8 Å². The van der Waals surface area contributed by atoms with E-state index in [0.717, 1.165) is 0 Å². The quantitative estimate of drug-likeness (QED) is 0.788. The molecule has 0 spiro atoms. The van der Waals surface area contributed by atoms with Crippen molar-refractivity contribution in [1.82, 2.24) is 4.72 Å². The number of sulfonamides is 1. The molecule has 120 valence electrons. The Morgan fingerprint density at radius 1 is 1.13 bits per heavy atom. The number of para-hydroxylation sites is 3. The second-order valence-electron chi connectivity index (χ2n) is 4.88. The topological polar surface area (TPSA) is 96.5 Å². The molecule has 7 nitrogen and oxygen atoms in total. The Morgan fingerprint density at radius 2 is 1.83 bits per heavy atom. The first kappa shape index (κ1) is 15.3. The number of benzene rings is 2. The van der Waals surface area contributed by atoms with Gasteiger partial charge in [-0.1, -0.05) is 24.3 Å². The standard InChI is InChI=1S/C15H15N3O4S/c1-22-12-8-4-2-6-10(12)17-15(19)14-16-11-7-3-5-9-13(11)23(20,21)18-14/h2-9,14,16,18H,1H3,(H,17,19)/t14-/m0/s1. The van der Waals surface area contributed by atoms with Crippen molar-refractivity contribution in [2.45, 2.75) is 11.1 Å². The highest BCUT2D eigenvalue weighted by Crippen LogP contribution is 2.27. The van der Waals surface area contributed by atoms with Gasteiger partial charge in [0.15, 0.2) is 6.17 Å². The third kappa shape index (κ3) is 2.99. The first-order chi connectivity index (χ1) is 11.0. The van der Waals surface area contributed by atoms with Crippen LogP contribution in [0.4, 0.5) is 11.4 Å². The molecule has 2 aromatic rings. The fourth-order valence-electron chi connectivity index (χ4n) is 2.30. The summed E-state index contributed by atoms with van der Waals surface area (Å²) in [5, 5.41) is 5.51. The summed E-state index contributed by atoms with van der Waals surface area (Å²) in [6, 6.07) is 13.3.